The van der Waals surface area contributed by atoms with Crippen LogP contribution in [0.2, 0.25) is 0 Å². The minimum atomic E-state index is -0.511. The van der Waals surface area contributed by atoms with Gasteiger partial charge in [-0.15, -0.1) is 5.10 Å². The molecule has 2 heterocycles. The van der Waals surface area contributed by atoms with E-state index in [9.17, 15) is 14.0 Å². The van der Waals surface area contributed by atoms with Gasteiger partial charge in [0.05, 0.1) is 11.4 Å². The van der Waals surface area contributed by atoms with E-state index in [-0.39, 0.29) is 11.5 Å². The number of halogens is 1. The van der Waals surface area contributed by atoms with Crippen molar-refractivity contribution in [2.75, 3.05) is 0 Å². The standard InChI is InChI=1S/C21H17FN8O2/c22-14-6-10-16(11-7-14)30-18-3-1-2-17(18)19(26-30)21(32)25-24-20(31)13-4-8-15(9-5-13)29-12-23-27-28-29/h4-12H,1-3H2,(H,24,31)(H,25,32). The van der Waals surface area contributed by atoms with Crippen LogP contribution in [0, 0.1) is 5.82 Å². The van der Waals surface area contributed by atoms with Crippen LogP contribution in [0.25, 0.3) is 11.4 Å². The summed E-state index contributed by atoms with van der Waals surface area (Å²) in [4.78, 5) is 25.2. The fourth-order valence-electron chi connectivity index (χ4n) is 3.71. The van der Waals surface area contributed by atoms with Gasteiger partial charge in [-0.2, -0.15) is 5.10 Å². The van der Waals surface area contributed by atoms with Crippen molar-refractivity contribution in [3.05, 3.63) is 83.2 Å². The number of aromatic nitrogens is 6. The Bertz CT molecular complexity index is 1280. The van der Waals surface area contributed by atoms with Gasteiger partial charge in [-0.05, 0) is 78.2 Å². The number of carbonyl (C=O) groups is 2. The van der Waals surface area contributed by atoms with Crippen molar-refractivity contribution in [3.63, 3.8) is 0 Å². The van der Waals surface area contributed by atoms with Crippen LogP contribution in [0.3, 0.4) is 0 Å². The second-order valence-electron chi connectivity index (χ2n) is 7.23. The highest BCUT2D eigenvalue weighted by Crippen LogP contribution is 2.27. The van der Waals surface area contributed by atoms with Gasteiger partial charge in [-0.1, -0.05) is 0 Å². The quantitative estimate of drug-likeness (QED) is 0.472. The Kier molecular flexibility index (Phi) is 4.90. The smallest absolute Gasteiger partial charge is 0.267 e. The third kappa shape index (κ3) is 3.60. The highest BCUT2D eigenvalue weighted by Gasteiger charge is 2.27. The Labute approximate surface area is 181 Å². The number of tetrazole rings is 1. The lowest BCUT2D eigenvalue weighted by molar-refractivity contribution is 0.0843. The topological polar surface area (TPSA) is 120 Å². The summed E-state index contributed by atoms with van der Waals surface area (Å²) in [6, 6.07) is 12.5. The van der Waals surface area contributed by atoms with Crippen molar-refractivity contribution in [1.82, 2.24) is 40.8 Å². The number of benzene rings is 2. The van der Waals surface area contributed by atoms with E-state index in [0.717, 1.165) is 24.1 Å². The molecule has 0 bridgehead atoms. The highest BCUT2D eigenvalue weighted by molar-refractivity contribution is 5.99. The molecule has 1 aliphatic rings. The molecule has 0 spiro atoms. The molecule has 32 heavy (non-hydrogen) atoms. The first-order valence-electron chi connectivity index (χ1n) is 9.91. The van der Waals surface area contributed by atoms with Gasteiger partial charge in [-0.25, -0.2) is 13.8 Å². The maximum absolute atomic E-state index is 13.3. The number of hydrogen-bond donors (Lipinski definition) is 2. The molecule has 2 amide bonds. The van der Waals surface area contributed by atoms with Gasteiger partial charge < -0.3 is 0 Å². The molecule has 0 radical (unpaired) electrons. The predicted octanol–water partition coefficient (Wildman–Crippen LogP) is 1.55. The number of carbonyl (C=O) groups excluding carboxylic acids is 2. The molecule has 4 aromatic rings. The summed E-state index contributed by atoms with van der Waals surface area (Å²) in [6.45, 7) is 0. The van der Waals surface area contributed by atoms with Crippen LogP contribution in [-0.4, -0.2) is 41.8 Å². The summed E-state index contributed by atoms with van der Waals surface area (Å²) in [6.07, 6.45) is 3.83. The van der Waals surface area contributed by atoms with E-state index < -0.39 is 11.8 Å². The van der Waals surface area contributed by atoms with Gasteiger partial charge in [-0.3, -0.25) is 20.4 Å². The lowest BCUT2D eigenvalue weighted by atomic mass is 10.2. The fraction of sp³-hybridized carbons (Fsp3) is 0.143. The van der Waals surface area contributed by atoms with E-state index in [1.54, 1.807) is 41.1 Å². The van der Waals surface area contributed by atoms with E-state index in [4.69, 9.17) is 0 Å². The van der Waals surface area contributed by atoms with Gasteiger partial charge in [0.2, 0.25) is 0 Å². The number of rotatable bonds is 4. The number of hydrogen-bond acceptors (Lipinski definition) is 6. The first-order valence-corrected chi connectivity index (χ1v) is 9.91. The van der Waals surface area contributed by atoms with Crippen LogP contribution in [-0.2, 0) is 12.8 Å². The van der Waals surface area contributed by atoms with E-state index in [1.807, 2.05) is 0 Å². The van der Waals surface area contributed by atoms with Crippen molar-refractivity contribution in [2.24, 2.45) is 0 Å². The minimum Gasteiger partial charge on any atom is -0.267 e. The minimum absolute atomic E-state index is 0.246. The molecule has 5 rings (SSSR count). The SMILES string of the molecule is O=C(NNC(=O)c1nn(-c2ccc(F)cc2)c2c1CCC2)c1ccc(-n2cnnn2)cc1. The molecule has 2 aromatic heterocycles. The predicted molar refractivity (Wildman–Crippen MR) is 110 cm³/mol. The Morgan fingerprint density at radius 2 is 1.62 bits per heavy atom. The first kappa shape index (κ1) is 19.5. The monoisotopic (exact) mass is 432 g/mol. The normalized spacial score (nSPS) is 12.4. The molecule has 11 heteroatoms. The maximum atomic E-state index is 13.3. The van der Waals surface area contributed by atoms with Gasteiger partial charge in [0.1, 0.15) is 12.1 Å². The number of fused-ring (bicyclic) bond motifs is 1. The second-order valence-corrected chi connectivity index (χ2v) is 7.23. The zero-order chi connectivity index (χ0) is 22.1. The molecule has 1 aliphatic carbocycles. The lowest BCUT2D eigenvalue weighted by Gasteiger charge is -2.08. The molecule has 0 saturated heterocycles. The summed E-state index contributed by atoms with van der Waals surface area (Å²) in [5.74, 6) is -1.33. The average molecular weight is 432 g/mol. The summed E-state index contributed by atoms with van der Waals surface area (Å²) in [7, 11) is 0. The Hall–Kier alpha value is -4.41. The zero-order valence-corrected chi connectivity index (χ0v) is 16.7. The fourth-order valence-corrected chi connectivity index (χ4v) is 3.71. The molecule has 0 saturated carbocycles. The van der Waals surface area contributed by atoms with Crippen molar-refractivity contribution >= 4 is 11.8 Å². The molecule has 0 aliphatic heterocycles. The van der Waals surface area contributed by atoms with Crippen molar-refractivity contribution in [1.29, 1.82) is 0 Å². The number of amides is 2. The summed E-state index contributed by atoms with van der Waals surface area (Å²) < 4.78 is 16.4. The number of hydrazine groups is 1. The van der Waals surface area contributed by atoms with E-state index in [1.165, 1.54) is 23.1 Å². The van der Waals surface area contributed by atoms with Crippen LogP contribution in [0.15, 0.2) is 54.9 Å². The van der Waals surface area contributed by atoms with Crippen molar-refractivity contribution < 1.29 is 14.0 Å². The van der Waals surface area contributed by atoms with Crippen LogP contribution < -0.4 is 10.9 Å². The van der Waals surface area contributed by atoms with Gasteiger partial charge >= 0.3 is 0 Å². The maximum Gasteiger partial charge on any atom is 0.290 e. The summed E-state index contributed by atoms with van der Waals surface area (Å²) in [5.41, 5.74) is 8.57. The lowest BCUT2D eigenvalue weighted by Crippen LogP contribution is -2.42. The number of nitrogens with one attached hydrogen (secondary N) is 2. The molecule has 0 atom stereocenters. The van der Waals surface area contributed by atoms with Crippen LogP contribution >= 0.6 is 0 Å². The van der Waals surface area contributed by atoms with Crippen LogP contribution in [0.5, 0.6) is 0 Å². The molecule has 160 valence electrons. The summed E-state index contributed by atoms with van der Waals surface area (Å²) in [5, 5.41) is 15.3. The molecular formula is C21H17FN8O2. The first-order chi connectivity index (χ1) is 15.6. The molecule has 0 fully saturated rings. The molecule has 0 unspecified atom stereocenters. The second kappa shape index (κ2) is 8.02. The average Bonchev–Trinajstić information content (AvgIpc) is 3.56. The van der Waals surface area contributed by atoms with Gasteiger partial charge in [0.15, 0.2) is 5.69 Å². The van der Waals surface area contributed by atoms with Gasteiger partial charge in [0.25, 0.3) is 11.8 Å². The highest BCUT2D eigenvalue weighted by atomic mass is 19.1. The van der Waals surface area contributed by atoms with Crippen molar-refractivity contribution in [3.8, 4) is 11.4 Å². The van der Waals surface area contributed by atoms with E-state index in [0.29, 0.717) is 23.4 Å². The van der Waals surface area contributed by atoms with Crippen molar-refractivity contribution in [2.45, 2.75) is 19.3 Å². The van der Waals surface area contributed by atoms with Gasteiger partial charge in [0, 0.05) is 16.8 Å². The van der Waals surface area contributed by atoms with E-state index in [2.05, 4.69) is 31.5 Å². The molecule has 10 nitrogen and oxygen atoms in total. The zero-order valence-electron chi connectivity index (χ0n) is 16.7. The molecule has 2 aromatic carbocycles. The Morgan fingerprint density at radius 3 is 2.34 bits per heavy atom. The molecular weight excluding hydrogens is 415 g/mol. The Balaban J connectivity index is 1.30. The van der Waals surface area contributed by atoms with E-state index >= 15 is 0 Å². The van der Waals surface area contributed by atoms with Crippen LogP contribution in [0.1, 0.15) is 38.5 Å². The largest absolute Gasteiger partial charge is 0.290 e. The van der Waals surface area contributed by atoms with Crippen LogP contribution in [0.4, 0.5) is 4.39 Å². The number of nitrogens with zero attached hydrogens (tertiary/aromatic N) is 6. The third-order valence-corrected chi connectivity index (χ3v) is 5.25. The third-order valence-electron chi connectivity index (χ3n) is 5.25. The Morgan fingerprint density at radius 1 is 0.906 bits per heavy atom. The summed E-state index contributed by atoms with van der Waals surface area (Å²) >= 11 is 0. The molecule has 2 N–H and O–H groups in total.